The summed E-state index contributed by atoms with van der Waals surface area (Å²) in [5.41, 5.74) is 1.24. The number of halogens is 2. The third-order valence-corrected chi connectivity index (χ3v) is 2.30. The van der Waals surface area contributed by atoms with Gasteiger partial charge in [0, 0.05) is 15.6 Å². The van der Waals surface area contributed by atoms with Crippen LogP contribution in [0, 0.1) is 0 Å². The Hall–Kier alpha value is -0.500. The van der Waals surface area contributed by atoms with Crippen molar-refractivity contribution < 1.29 is 5.11 Å². The van der Waals surface area contributed by atoms with Gasteiger partial charge in [0.1, 0.15) is 6.10 Å². The number of aliphatic hydroxyl groups excluding tert-OH is 1. The maximum Gasteiger partial charge on any atom is 0.101 e. The number of rotatable bonds is 2. The van der Waals surface area contributed by atoms with Crippen LogP contribution in [0.25, 0.3) is 0 Å². The van der Waals surface area contributed by atoms with E-state index in [1.807, 2.05) is 0 Å². The predicted molar refractivity (Wildman–Crippen MR) is 56.2 cm³/mol. The average molecular weight is 217 g/mol. The van der Waals surface area contributed by atoms with E-state index in [0.717, 1.165) is 0 Å². The molecule has 1 unspecified atom stereocenters. The Labute approximate surface area is 87.6 Å². The quantitative estimate of drug-likeness (QED) is 0.750. The highest BCUT2D eigenvalue weighted by atomic mass is 35.5. The van der Waals surface area contributed by atoms with Crippen molar-refractivity contribution in [3.8, 4) is 0 Å². The van der Waals surface area contributed by atoms with Crippen LogP contribution in [-0.4, -0.2) is 5.11 Å². The van der Waals surface area contributed by atoms with Gasteiger partial charge in [-0.1, -0.05) is 29.8 Å². The fourth-order valence-electron chi connectivity index (χ4n) is 0.990. The molecule has 1 aromatic carbocycles. The van der Waals surface area contributed by atoms with Crippen LogP contribution >= 0.6 is 23.2 Å². The normalized spacial score (nSPS) is 12.6. The highest BCUT2D eigenvalue weighted by molar-refractivity contribution is 6.33. The van der Waals surface area contributed by atoms with Crippen molar-refractivity contribution in [3.05, 3.63) is 46.0 Å². The van der Waals surface area contributed by atoms with Gasteiger partial charge in [0.05, 0.1) is 0 Å². The van der Waals surface area contributed by atoms with E-state index < -0.39 is 6.10 Å². The Bertz CT molecular complexity index is 334. The minimum absolute atomic E-state index is 0.500. The van der Waals surface area contributed by atoms with Crippen LogP contribution in [0.5, 0.6) is 0 Å². The molecule has 70 valence electrons. The van der Waals surface area contributed by atoms with Gasteiger partial charge in [-0.25, -0.2) is 0 Å². The van der Waals surface area contributed by atoms with Crippen LogP contribution in [0.15, 0.2) is 30.4 Å². The zero-order valence-corrected chi connectivity index (χ0v) is 8.73. The summed E-state index contributed by atoms with van der Waals surface area (Å²) in [4.78, 5) is 0. The standard InChI is InChI=1S/C10H10Cl2O/c1-6(2)10(13)8-5-7(11)3-4-9(8)12/h3-5,10,13H,1H2,2H3. The van der Waals surface area contributed by atoms with E-state index in [1.54, 1.807) is 25.1 Å². The van der Waals surface area contributed by atoms with E-state index in [2.05, 4.69) is 6.58 Å². The predicted octanol–water partition coefficient (Wildman–Crippen LogP) is 3.60. The Morgan fingerprint density at radius 2 is 2.08 bits per heavy atom. The molecule has 0 radical (unpaired) electrons. The van der Waals surface area contributed by atoms with E-state index in [4.69, 9.17) is 23.2 Å². The second-order valence-electron chi connectivity index (χ2n) is 2.91. The van der Waals surface area contributed by atoms with Gasteiger partial charge in [0.2, 0.25) is 0 Å². The molecule has 0 aliphatic rings. The summed E-state index contributed by atoms with van der Waals surface area (Å²) in [7, 11) is 0. The lowest BCUT2D eigenvalue weighted by Gasteiger charge is -2.12. The van der Waals surface area contributed by atoms with E-state index in [0.29, 0.717) is 21.2 Å². The molecule has 0 amide bonds. The zero-order valence-electron chi connectivity index (χ0n) is 7.22. The Kier molecular flexibility index (Phi) is 3.37. The largest absolute Gasteiger partial charge is 0.384 e. The summed E-state index contributed by atoms with van der Waals surface area (Å²) >= 11 is 11.6. The van der Waals surface area contributed by atoms with Gasteiger partial charge in [-0.3, -0.25) is 0 Å². The van der Waals surface area contributed by atoms with Crippen molar-refractivity contribution in [2.24, 2.45) is 0 Å². The minimum atomic E-state index is -0.744. The number of hydrogen-bond acceptors (Lipinski definition) is 1. The molecule has 1 rings (SSSR count). The molecule has 3 heteroatoms. The van der Waals surface area contributed by atoms with Crippen LogP contribution in [0.4, 0.5) is 0 Å². The lowest BCUT2D eigenvalue weighted by atomic mass is 10.0. The minimum Gasteiger partial charge on any atom is -0.384 e. The molecule has 0 aliphatic carbocycles. The summed E-state index contributed by atoms with van der Waals surface area (Å²) in [6.45, 7) is 5.39. The Morgan fingerprint density at radius 3 is 2.62 bits per heavy atom. The molecule has 0 saturated heterocycles. The van der Waals surface area contributed by atoms with Crippen molar-refractivity contribution in [1.82, 2.24) is 0 Å². The van der Waals surface area contributed by atoms with Crippen LogP contribution in [0.2, 0.25) is 10.0 Å². The first-order valence-electron chi connectivity index (χ1n) is 3.81. The number of hydrogen-bond donors (Lipinski definition) is 1. The molecule has 1 aromatic rings. The summed E-state index contributed by atoms with van der Waals surface area (Å²) in [6.07, 6.45) is -0.744. The monoisotopic (exact) mass is 216 g/mol. The molecule has 0 spiro atoms. The smallest absolute Gasteiger partial charge is 0.101 e. The van der Waals surface area contributed by atoms with Crippen LogP contribution in [-0.2, 0) is 0 Å². The van der Waals surface area contributed by atoms with Crippen molar-refractivity contribution in [2.45, 2.75) is 13.0 Å². The second kappa shape index (κ2) is 4.14. The Morgan fingerprint density at radius 1 is 1.46 bits per heavy atom. The topological polar surface area (TPSA) is 20.2 Å². The molecule has 1 nitrogen and oxygen atoms in total. The molecule has 1 N–H and O–H groups in total. The molecule has 0 aromatic heterocycles. The molecule has 13 heavy (non-hydrogen) atoms. The van der Waals surface area contributed by atoms with Crippen LogP contribution in [0.3, 0.4) is 0 Å². The van der Waals surface area contributed by atoms with Gasteiger partial charge in [-0.05, 0) is 30.7 Å². The van der Waals surface area contributed by atoms with Crippen LogP contribution < -0.4 is 0 Å². The van der Waals surface area contributed by atoms with Crippen molar-refractivity contribution in [3.63, 3.8) is 0 Å². The third-order valence-electron chi connectivity index (χ3n) is 1.72. The molecular formula is C10H10Cl2O. The van der Waals surface area contributed by atoms with Crippen molar-refractivity contribution in [1.29, 1.82) is 0 Å². The highest BCUT2D eigenvalue weighted by Crippen LogP contribution is 2.29. The zero-order chi connectivity index (χ0) is 10.0. The number of aliphatic hydroxyl groups is 1. The molecule has 0 heterocycles. The van der Waals surface area contributed by atoms with Gasteiger partial charge in [-0.2, -0.15) is 0 Å². The third kappa shape index (κ3) is 2.47. The van der Waals surface area contributed by atoms with E-state index in [-0.39, 0.29) is 0 Å². The first kappa shape index (κ1) is 10.6. The van der Waals surface area contributed by atoms with Gasteiger partial charge < -0.3 is 5.11 Å². The van der Waals surface area contributed by atoms with Gasteiger partial charge in [0.15, 0.2) is 0 Å². The average Bonchev–Trinajstić information content (AvgIpc) is 2.08. The molecule has 1 atom stereocenters. The van der Waals surface area contributed by atoms with E-state index in [1.165, 1.54) is 0 Å². The fraction of sp³-hybridized carbons (Fsp3) is 0.200. The highest BCUT2D eigenvalue weighted by Gasteiger charge is 2.12. The summed E-state index contributed by atoms with van der Waals surface area (Å²) in [5, 5.41) is 10.7. The molecule has 0 fully saturated rings. The Balaban J connectivity index is 3.12. The van der Waals surface area contributed by atoms with E-state index in [9.17, 15) is 5.11 Å². The SMILES string of the molecule is C=C(C)C(O)c1cc(Cl)ccc1Cl. The summed E-state index contributed by atoms with van der Waals surface area (Å²) in [5.74, 6) is 0. The van der Waals surface area contributed by atoms with Gasteiger partial charge >= 0.3 is 0 Å². The maximum absolute atomic E-state index is 9.66. The van der Waals surface area contributed by atoms with Crippen molar-refractivity contribution in [2.75, 3.05) is 0 Å². The molecule has 0 aliphatic heterocycles. The van der Waals surface area contributed by atoms with Gasteiger partial charge in [0.25, 0.3) is 0 Å². The first-order valence-corrected chi connectivity index (χ1v) is 4.56. The van der Waals surface area contributed by atoms with Crippen molar-refractivity contribution >= 4 is 23.2 Å². The first-order chi connectivity index (χ1) is 6.02. The molecule has 0 saturated carbocycles. The second-order valence-corrected chi connectivity index (χ2v) is 3.76. The fourth-order valence-corrected chi connectivity index (χ4v) is 1.39. The molecule has 0 bridgehead atoms. The van der Waals surface area contributed by atoms with E-state index >= 15 is 0 Å². The lowest BCUT2D eigenvalue weighted by molar-refractivity contribution is 0.216. The molecular weight excluding hydrogens is 207 g/mol. The summed E-state index contributed by atoms with van der Waals surface area (Å²) < 4.78 is 0. The van der Waals surface area contributed by atoms with Crippen LogP contribution in [0.1, 0.15) is 18.6 Å². The van der Waals surface area contributed by atoms with Gasteiger partial charge in [-0.15, -0.1) is 0 Å². The summed E-state index contributed by atoms with van der Waals surface area (Å²) in [6, 6.07) is 4.98. The maximum atomic E-state index is 9.66. The lowest BCUT2D eigenvalue weighted by Crippen LogP contribution is -1.98. The number of benzene rings is 1.